The Morgan fingerprint density at radius 3 is 2.67 bits per heavy atom. The van der Waals surface area contributed by atoms with Crippen LogP contribution in [0.25, 0.3) is 0 Å². The zero-order chi connectivity index (χ0) is 17.1. The first-order valence-electron chi connectivity index (χ1n) is 8.97. The van der Waals surface area contributed by atoms with Gasteiger partial charge in [-0.1, -0.05) is 18.2 Å². The molecule has 2 aliphatic heterocycles. The van der Waals surface area contributed by atoms with Crippen molar-refractivity contribution in [2.75, 3.05) is 40.8 Å². The molecule has 0 spiro atoms. The number of nitrogens with one attached hydrogen (secondary N) is 1. The molecule has 132 valence electrons. The highest BCUT2D eigenvalue weighted by molar-refractivity contribution is 5.78. The van der Waals surface area contributed by atoms with Crippen molar-refractivity contribution < 1.29 is 4.79 Å². The molecule has 2 heterocycles. The minimum absolute atomic E-state index is 0.202. The van der Waals surface area contributed by atoms with Gasteiger partial charge in [0.05, 0.1) is 6.54 Å². The molecule has 0 aromatic heterocycles. The number of hydrogen-bond donors (Lipinski definition) is 1. The highest BCUT2D eigenvalue weighted by Crippen LogP contribution is 2.23. The van der Waals surface area contributed by atoms with E-state index in [2.05, 4.69) is 47.4 Å². The Morgan fingerprint density at radius 2 is 1.92 bits per heavy atom. The number of nitrogens with zero attached hydrogens (tertiary/aromatic N) is 3. The molecule has 1 saturated heterocycles. The fourth-order valence-corrected chi connectivity index (χ4v) is 3.79. The topological polar surface area (TPSA) is 38.8 Å². The minimum atomic E-state index is 0.202. The van der Waals surface area contributed by atoms with Crippen molar-refractivity contribution in [3.05, 3.63) is 34.9 Å². The van der Waals surface area contributed by atoms with Crippen LogP contribution >= 0.6 is 0 Å². The van der Waals surface area contributed by atoms with E-state index in [1.807, 2.05) is 11.9 Å². The molecule has 3 rings (SSSR count). The summed E-state index contributed by atoms with van der Waals surface area (Å²) >= 11 is 0. The number of amides is 1. The van der Waals surface area contributed by atoms with Gasteiger partial charge in [-0.15, -0.1) is 0 Å². The van der Waals surface area contributed by atoms with Gasteiger partial charge in [0.1, 0.15) is 0 Å². The van der Waals surface area contributed by atoms with Gasteiger partial charge in [0.15, 0.2) is 0 Å². The van der Waals surface area contributed by atoms with E-state index in [0.29, 0.717) is 19.1 Å². The maximum Gasteiger partial charge on any atom is 0.236 e. The molecular formula is C19H30N4O. The predicted molar refractivity (Wildman–Crippen MR) is 96.6 cm³/mol. The average Bonchev–Trinajstić information content (AvgIpc) is 2.94. The highest BCUT2D eigenvalue weighted by Gasteiger charge is 2.21. The molecular weight excluding hydrogens is 300 g/mol. The van der Waals surface area contributed by atoms with Gasteiger partial charge in [-0.2, -0.15) is 0 Å². The van der Waals surface area contributed by atoms with Crippen LogP contribution in [-0.2, 0) is 24.4 Å². The molecule has 1 N–H and O–H groups in total. The van der Waals surface area contributed by atoms with Crippen LogP contribution in [0.2, 0.25) is 0 Å². The van der Waals surface area contributed by atoms with Crippen LogP contribution in [0.4, 0.5) is 0 Å². The summed E-state index contributed by atoms with van der Waals surface area (Å²) in [4.78, 5) is 18.9. The van der Waals surface area contributed by atoms with Crippen LogP contribution in [0, 0.1) is 0 Å². The van der Waals surface area contributed by atoms with E-state index in [4.69, 9.17) is 0 Å². The summed E-state index contributed by atoms with van der Waals surface area (Å²) in [6.45, 7) is 5.36. The lowest BCUT2D eigenvalue weighted by Gasteiger charge is -2.32. The first kappa shape index (κ1) is 17.4. The summed E-state index contributed by atoms with van der Waals surface area (Å²) in [6, 6.07) is 7.17. The third kappa shape index (κ3) is 4.15. The molecule has 0 atom stereocenters. The highest BCUT2D eigenvalue weighted by atomic mass is 16.2. The predicted octanol–water partition coefficient (Wildman–Crippen LogP) is 1.27. The molecule has 0 unspecified atom stereocenters. The fraction of sp³-hybridized carbons (Fsp3) is 0.632. The molecule has 24 heavy (non-hydrogen) atoms. The molecule has 0 radical (unpaired) electrons. The lowest BCUT2D eigenvalue weighted by molar-refractivity contribution is -0.132. The number of likely N-dealkylation sites (N-methyl/N-ethyl adjacent to an activating group) is 2. The zero-order valence-corrected chi connectivity index (χ0v) is 15.2. The van der Waals surface area contributed by atoms with E-state index >= 15 is 0 Å². The van der Waals surface area contributed by atoms with Gasteiger partial charge >= 0.3 is 0 Å². The van der Waals surface area contributed by atoms with Gasteiger partial charge in [-0.05, 0) is 56.7 Å². The first-order valence-corrected chi connectivity index (χ1v) is 8.97. The standard InChI is InChI=1S/C19H30N4O/c1-21-12-16-5-4-15(10-17(16)13-21)11-23(3)19(24)14-22(2)18-6-8-20-9-7-18/h4-5,10,18,20H,6-9,11-14H2,1-3H3. The average molecular weight is 330 g/mol. The van der Waals surface area contributed by atoms with Crippen molar-refractivity contribution in [1.82, 2.24) is 20.0 Å². The molecule has 0 aliphatic carbocycles. The molecule has 1 aromatic carbocycles. The lowest BCUT2D eigenvalue weighted by Crippen LogP contribution is -2.45. The summed E-state index contributed by atoms with van der Waals surface area (Å²) in [7, 11) is 6.14. The van der Waals surface area contributed by atoms with E-state index in [0.717, 1.165) is 39.0 Å². The summed E-state index contributed by atoms with van der Waals surface area (Å²) < 4.78 is 0. The third-order valence-corrected chi connectivity index (χ3v) is 5.31. The number of piperidine rings is 1. The van der Waals surface area contributed by atoms with Crippen molar-refractivity contribution in [2.24, 2.45) is 0 Å². The van der Waals surface area contributed by atoms with Crippen molar-refractivity contribution in [3.63, 3.8) is 0 Å². The molecule has 5 heteroatoms. The van der Waals surface area contributed by atoms with E-state index in [-0.39, 0.29) is 5.91 Å². The molecule has 0 saturated carbocycles. The zero-order valence-electron chi connectivity index (χ0n) is 15.2. The number of benzene rings is 1. The Hall–Kier alpha value is -1.43. The summed E-state index contributed by atoms with van der Waals surface area (Å²) in [5, 5.41) is 3.38. The van der Waals surface area contributed by atoms with Gasteiger partial charge in [-0.25, -0.2) is 0 Å². The molecule has 1 fully saturated rings. The summed E-state index contributed by atoms with van der Waals surface area (Å²) in [6.07, 6.45) is 2.26. The van der Waals surface area contributed by atoms with E-state index < -0.39 is 0 Å². The number of rotatable bonds is 5. The van der Waals surface area contributed by atoms with Gasteiger partial charge in [0, 0.05) is 32.7 Å². The normalized spacial score (nSPS) is 18.8. The first-order chi connectivity index (χ1) is 11.5. The van der Waals surface area contributed by atoms with E-state index in [1.54, 1.807) is 0 Å². The van der Waals surface area contributed by atoms with Crippen molar-refractivity contribution in [1.29, 1.82) is 0 Å². The van der Waals surface area contributed by atoms with Crippen LogP contribution in [0.15, 0.2) is 18.2 Å². The van der Waals surface area contributed by atoms with Crippen LogP contribution in [-0.4, -0.2) is 67.4 Å². The number of carbonyl (C=O) groups is 1. The maximum atomic E-state index is 12.5. The fourth-order valence-electron chi connectivity index (χ4n) is 3.79. The van der Waals surface area contributed by atoms with Gasteiger partial charge in [0.25, 0.3) is 0 Å². The molecule has 1 amide bonds. The molecule has 1 aromatic rings. The lowest BCUT2D eigenvalue weighted by atomic mass is 10.1. The van der Waals surface area contributed by atoms with Crippen LogP contribution in [0.5, 0.6) is 0 Å². The Balaban J connectivity index is 1.53. The van der Waals surface area contributed by atoms with Gasteiger partial charge in [-0.3, -0.25) is 14.6 Å². The monoisotopic (exact) mass is 330 g/mol. The van der Waals surface area contributed by atoms with Crippen molar-refractivity contribution in [2.45, 2.75) is 38.5 Å². The molecule has 2 aliphatic rings. The quantitative estimate of drug-likeness (QED) is 0.883. The van der Waals surface area contributed by atoms with Gasteiger partial charge < -0.3 is 10.2 Å². The third-order valence-electron chi connectivity index (χ3n) is 5.31. The minimum Gasteiger partial charge on any atom is -0.340 e. The second-order valence-electron chi connectivity index (χ2n) is 7.42. The number of hydrogen-bond acceptors (Lipinski definition) is 4. The SMILES string of the molecule is CN1Cc2ccc(CN(C)C(=O)CN(C)C3CCNCC3)cc2C1. The summed E-state index contributed by atoms with van der Waals surface area (Å²) in [5.41, 5.74) is 4.05. The van der Waals surface area contributed by atoms with Crippen molar-refractivity contribution >= 4 is 5.91 Å². The Morgan fingerprint density at radius 1 is 1.21 bits per heavy atom. The second kappa shape index (κ2) is 7.64. The Bertz CT molecular complexity index is 583. The van der Waals surface area contributed by atoms with E-state index in [1.165, 1.54) is 16.7 Å². The van der Waals surface area contributed by atoms with Crippen molar-refractivity contribution in [3.8, 4) is 0 Å². The molecule has 5 nitrogen and oxygen atoms in total. The number of fused-ring (bicyclic) bond motifs is 1. The smallest absolute Gasteiger partial charge is 0.236 e. The van der Waals surface area contributed by atoms with Crippen LogP contribution in [0.3, 0.4) is 0 Å². The second-order valence-corrected chi connectivity index (χ2v) is 7.42. The maximum absolute atomic E-state index is 12.5. The summed E-state index contributed by atoms with van der Waals surface area (Å²) in [5.74, 6) is 0.202. The van der Waals surface area contributed by atoms with Crippen LogP contribution < -0.4 is 5.32 Å². The molecule has 0 bridgehead atoms. The Labute approximate surface area is 145 Å². The van der Waals surface area contributed by atoms with Gasteiger partial charge in [0.2, 0.25) is 5.91 Å². The Kier molecular flexibility index (Phi) is 5.54. The largest absolute Gasteiger partial charge is 0.340 e. The van der Waals surface area contributed by atoms with E-state index in [9.17, 15) is 4.79 Å². The number of carbonyl (C=O) groups excluding carboxylic acids is 1. The van der Waals surface area contributed by atoms with Crippen LogP contribution in [0.1, 0.15) is 29.5 Å².